The summed E-state index contributed by atoms with van der Waals surface area (Å²) in [6.07, 6.45) is 8.49. The highest BCUT2D eigenvalue weighted by Gasteiger charge is 2.55. The van der Waals surface area contributed by atoms with E-state index in [4.69, 9.17) is 0 Å². The van der Waals surface area contributed by atoms with Crippen LogP contribution in [0.15, 0.2) is 18.2 Å². The Balaban J connectivity index is 0.00000144. The summed E-state index contributed by atoms with van der Waals surface area (Å²) in [4.78, 5) is 0. The molecule has 122 valence electrons. The molecule has 1 aromatic carbocycles. The Hall–Kier alpha value is -0.770. The van der Waals surface area contributed by atoms with E-state index in [-0.39, 0.29) is 17.9 Å². The molecule has 4 heteroatoms. The van der Waals surface area contributed by atoms with Gasteiger partial charge in [-0.25, -0.2) is 0 Å². The summed E-state index contributed by atoms with van der Waals surface area (Å²) in [7, 11) is 0. The molecule has 4 rings (SSSR count). The molecule has 0 unspecified atom stereocenters. The molecule has 2 atom stereocenters. The fourth-order valence-corrected chi connectivity index (χ4v) is 4.49. The van der Waals surface area contributed by atoms with Crippen LogP contribution in [0.2, 0.25) is 0 Å². The lowest BCUT2D eigenvalue weighted by Crippen LogP contribution is -2.64. The third-order valence-corrected chi connectivity index (χ3v) is 5.94. The van der Waals surface area contributed by atoms with E-state index in [1.54, 1.807) is 6.07 Å². The number of fused-ring (bicyclic) bond motifs is 3. The first-order valence-electron chi connectivity index (χ1n) is 8.43. The predicted octanol–water partition coefficient (Wildman–Crippen LogP) is 3.26. The van der Waals surface area contributed by atoms with Crippen LogP contribution in [0.4, 0.5) is 0 Å². The Labute approximate surface area is 138 Å². The summed E-state index contributed by atoms with van der Waals surface area (Å²) in [5, 5.41) is 25.1. The van der Waals surface area contributed by atoms with Gasteiger partial charge in [-0.1, -0.05) is 18.9 Å². The third kappa shape index (κ3) is 2.44. The number of phenols is 1. The maximum absolute atomic E-state index is 11.4. The highest BCUT2D eigenvalue weighted by molar-refractivity contribution is 5.85. The fourth-order valence-electron chi connectivity index (χ4n) is 4.49. The molecule has 0 spiro atoms. The number of rotatable bonds is 3. The summed E-state index contributed by atoms with van der Waals surface area (Å²) >= 11 is 0. The van der Waals surface area contributed by atoms with E-state index >= 15 is 0 Å². The molecule has 0 heterocycles. The lowest BCUT2D eigenvalue weighted by Gasteiger charge is -2.55. The monoisotopic (exact) mass is 323 g/mol. The van der Waals surface area contributed by atoms with Crippen molar-refractivity contribution >= 4 is 12.4 Å². The second kappa shape index (κ2) is 5.70. The molecule has 3 aliphatic rings. The average molecular weight is 324 g/mol. The number of aliphatic hydroxyl groups is 1. The van der Waals surface area contributed by atoms with Crippen molar-refractivity contribution in [2.45, 2.75) is 62.5 Å². The van der Waals surface area contributed by atoms with Crippen LogP contribution >= 0.6 is 12.4 Å². The Kier molecular flexibility index (Phi) is 4.17. The predicted molar refractivity (Wildman–Crippen MR) is 89.5 cm³/mol. The summed E-state index contributed by atoms with van der Waals surface area (Å²) in [5.74, 6) is 1.10. The molecule has 0 radical (unpaired) electrons. The maximum Gasteiger partial charge on any atom is 0.115 e. The number of aryl methyl sites for hydroxylation is 1. The highest BCUT2D eigenvalue weighted by Crippen LogP contribution is 2.52. The van der Waals surface area contributed by atoms with Gasteiger partial charge < -0.3 is 15.5 Å². The fraction of sp³-hybridized carbons (Fsp3) is 0.667. The van der Waals surface area contributed by atoms with E-state index in [0.29, 0.717) is 5.75 Å². The number of halogens is 1. The molecule has 22 heavy (non-hydrogen) atoms. The molecular formula is C18H26ClNO2. The summed E-state index contributed by atoms with van der Waals surface area (Å²) < 4.78 is 0. The van der Waals surface area contributed by atoms with Gasteiger partial charge in [-0.2, -0.15) is 0 Å². The zero-order valence-electron chi connectivity index (χ0n) is 13.0. The number of hydrogen-bond donors (Lipinski definition) is 3. The van der Waals surface area contributed by atoms with Crippen molar-refractivity contribution < 1.29 is 10.2 Å². The van der Waals surface area contributed by atoms with Crippen LogP contribution in [0.3, 0.4) is 0 Å². The van der Waals surface area contributed by atoms with Crippen molar-refractivity contribution in [1.82, 2.24) is 5.32 Å². The summed E-state index contributed by atoms with van der Waals surface area (Å²) in [6.45, 7) is 0.997. The van der Waals surface area contributed by atoms with Crippen LogP contribution in [-0.4, -0.2) is 22.4 Å². The van der Waals surface area contributed by atoms with Gasteiger partial charge in [-0.3, -0.25) is 0 Å². The SMILES string of the molecule is Cl.Oc1ccc2c(c1)[C@]1(NCC3CC3)CCCC[C@]1(O)CC2. The molecule has 2 saturated carbocycles. The van der Waals surface area contributed by atoms with Crippen LogP contribution < -0.4 is 5.32 Å². The van der Waals surface area contributed by atoms with Gasteiger partial charge in [0, 0.05) is 0 Å². The second-order valence-electron chi connectivity index (χ2n) is 7.31. The van der Waals surface area contributed by atoms with Crippen LogP contribution in [0.25, 0.3) is 0 Å². The van der Waals surface area contributed by atoms with Gasteiger partial charge in [-0.05, 0) is 74.2 Å². The Bertz CT molecular complexity index is 560. The Morgan fingerprint density at radius 2 is 1.91 bits per heavy atom. The van der Waals surface area contributed by atoms with Gasteiger partial charge in [0.15, 0.2) is 0 Å². The van der Waals surface area contributed by atoms with E-state index in [9.17, 15) is 10.2 Å². The van der Waals surface area contributed by atoms with E-state index in [1.807, 2.05) is 12.1 Å². The molecule has 3 aliphatic carbocycles. The molecule has 0 aromatic heterocycles. The first-order chi connectivity index (χ1) is 10.1. The van der Waals surface area contributed by atoms with E-state index in [1.165, 1.54) is 18.4 Å². The van der Waals surface area contributed by atoms with Crippen molar-refractivity contribution in [2.24, 2.45) is 5.92 Å². The first kappa shape index (κ1) is 16.1. The zero-order valence-corrected chi connectivity index (χ0v) is 13.8. The second-order valence-corrected chi connectivity index (χ2v) is 7.31. The van der Waals surface area contributed by atoms with E-state index in [2.05, 4.69) is 5.32 Å². The average Bonchev–Trinajstić information content (AvgIpc) is 3.29. The topological polar surface area (TPSA) is 52.5 Å². The number of hydrogen-bond acceptors (Lipinski definition) is 3. The van der Waals surface area contributed by atoms with E-state index in [0.717, 1.165) is 56.6 Å². The number of aromatic hydroxyl groups is 1. The molecular weight excluding hydrogens is 298 g/mol. The molecule has 0 aliphatic heterocycles. The summed E-state index contributed by atoms with van der Waals surface area (Å²) in [5.41, 5.74) is 1.44. The molecule has 2 fully saturated rings. The number of benzene rings is 1. The number of phenolic OH excluding ortho intramolecular Hbond substituents is 1. The van der Waals surface area contributed by atoms with Gasteiger partial charge in [0.1, 0.15) is 5.75 Å². The van der Waals surface area contributed by atoms with Crippen molar-refractivity contribution in [3.05, 3.63) is 29.3 Å². The van der Waals surface area contributed by atoms with Gasteiger partial charge >= 0.3 is 0 Å². The van der Waals surface area contributed by atoms with Gasteiger partial charge in [0.2, 0.25) is 0 Å². The molecule has 0 bridgehead atoms. The van der Waals surface area contributed by atoms with Crippen molar-refractivity contribution in [2.75, 3.05) is 6.54 Å². The highest BCUT2D eigenvalue weighted by atomic mass is 35.5. The van der Waals surface area contributed by atoms with Crippen LogP contribution in [0, 0.1) is 5.92 Å². The maximum atomic E-state index is 11.4. The molecule has 0 amide bonds. The van der Waals surface area contributed by atoms with Gasteiger partial charge in [0.25, 0.3) is 0 Å². The normalized spacial score (nSPS) is 33.5. The van der Waals surface area contributed by atoms with Crippen LogP contribution in [-0.2, 0) is 12.0 Å². The largest absolute Gasteiger partial charge is 0.508 e. The molecule has 3 nitrogen and oxygen atoms in total. The third-order valence-electron chi connectivity index (χ3n) is 5.94. The minimum absolute atomic E-state index is 0. The van der Waals surface area contributed by atoms with Crippen LogP contribution in [0.5, 0.6) is 5.75 Å². The quantitative estimate of drug-likeness (QED) is 0.800. The van der Waals surface area contributed by atoms with Crippen LogP contribution in [0.1, 0.15) is 56.1 Å². The number of nitrogens with one attached hydrogen (secondary N) is 1. The van der Waals surface area contributed by atoms with E-state index < -0.39 is 5.60 Å². The minimum Gasteiger partial charge on any atom is -0.508 e. The smallest absolute Gasteiger partial charge is 0.115 e. The molecule has 3 N–H and O–H groups in total. The Morgan fingerprint density at radius 3 is 2.68 bits per heavy atom. The summed E-state index contributed by atoms with van der Waals surface area (Å²) in [6, 6.07) is 5.71. The van der Waals surface area contributed by atoms with Gasteiger partial charge in [0.05, 0.1) is 11.1 Å². The van der Waals surface area contributed by atoms with Crippen molar-refractivity contribution in [3.8, 4) is 5.75 Å². The molecule has 1 aromatic rings. The minimum atomic E-state index is -0.652. The van der Waals surface area contributed by atoms with Crippen molar-refractivity contribution in [3.63, 3.8) is 0 Å². The van der Waals surface area contributed by atoms with Crippen molar-refractivity contribution in [1.29, 1.82) is 0 Å². The standard InChI is InChI=1S/C18H25NO2.ClH/c20-15-6-5-14-7-10-17(21)8-1-2-9-18(17,16(14)11-15)19-12-13-3-4-13;/h5-6,11,13,19-21H,1-4,7-10,12H2;1H/t17-,18+;/m0./s1. The zero-order chi connectivity index (χ0) is 14.5. The molecule has 0 saturated heterocycles. The Morgan fingerprint density at radius 1 is 1.14 bits per heavy atom. The first-order valence-corrected chi connectivity index (χ1v) is 8.43. The lowest BCUT2D eigenvalue weighted by atomic mass is 9.59. The van der Waals surface area contributed by atoms with Gasteiger partial charge in [-0.15, -0.1) is 12.4 Å². The lowest BCUT2D eigenvalue weighted by molar-refractivity contribution is -0.0990.